The van der Waals surface area contributed by atoms with Gasteiger partial charge < -0.3 is 49.2 Å². The lowest BCUT2D eigenvalue weighted by molar-refractivity contribution is -0.424. The molecule has 8 rings (SSSR count). The maximum atomic E-state index is 12.7. The molecule has 1 aromatic rings. The number of ether oxygens (including phenoxy) is 5. The Balaban J connectivity index is 1.32. The van der Waals surface area contributed by atoms with Crippen molar-refractivity contribution in [3.05, 3.63) is 35.9 Å². The summed E-state index contributed by atoms with van der Waals surface area (Å²) in [5, 5.41) is 51.7. The van der Waals surface area contributed by atoms with Gasteiger partial charge in [-0.2, -0.15) is 0 Å². The zero-order valence-electron chi connectivity index (χ0n) is 18.4. The first kappa shape index (κ1) is 22.8. The number of aliphatic hydroxyl groups excluding tert-OH is 4. The van der Waals surface area contributed by atoms with E-state index in [1.807, 2.05) is 0 Å². The number of rotatable bonds is 6. The minimum absolute atomic E-state index is 0.0902. The molecule has 0 spiro atoms. The molecule has 6 bridgehead atoms. The van der Waals surface area contributed by atoms with Crippen LogP contribution in [0.25, 0.3) is 0 Å². The minimum Gasteiger partial charge on any atom is -0.461 e. The van der Waals surface area contributed by atoms with Crippen molar-refractivity contribution in [2.45, 2.75) is 73.8 Å². The molecule has 186 valence electrons. The Bertz CT molecular complexity index is 988. The number of aliphatic hydroxyl groups is 5. The molecule has 34 heavy (non-hydrogen) atoms. The highest BCUT2D eigenvalue weighted by Gasteiger charge is 2.94. The summed E-state index contributed by atoms with van der Waals surface area (Å²) in [7, 11) is 0. The first-order chi connectivity index (χ1) is 16.1. The molecule has 4 aliphatic heterocycles. The third-order valence-electron chi connectivity index (χ3n) is 8.57. The monoisotopic (exact) mass is 480 g/mol. The van der Waals surface area contributed by atoms with Crippen molar-refractivity contribution in [1.82, 2.24) is 0 Å². The van der Waals surface area contributed by atoms with E-state index in [4.69, 9.17) is 23.7 Å². The quantitative estimate of drug-likeness (QED) is 0.306. The minimum atomic E-state index is -1.61. The highest BCUT2D eigenvalue weighted by Crippen LogP contribution is 2.81. The van der Waals surface area contributed by atoms with Crippen LogP contribution < -0.4 is 0 Å². The molecule has 1 aromatic carbocycles. The largest absolute Gasteiger partial charge is 0.461 e. The standard InChI is InChI=1S/C23H28O11/c1-20-9-22(29)13-7-23(20,32-18-16(27)15(26)14(25)12(8-24)31-18)21(13,19(33-20)34-22)10-30-17(28)11-5-3-2-4-6-11/h2-6,12-16,18-19,24-27,29H,7-10H2,1H3/t12-,13-,14-,15+,16-,18+,19+,20+,21-,22-,23+/m0/s1. The van der Waals surface area contributed by atoms with Crippen LogP contribution in [0.4, 0.5) is 0 Å². The molecule has 3 saturated carbocycles. The highest BCUT2D eigenvalue weighted by molar-refractivity contribution is 5.89. The average molecular weight is 480 g/mol. The lowest BCUT2D eigenvalue weighted by Crippen LogP contribution is -2.80. The van der Waals surface area contributed by atoms with Crippen molar-refractivity contribution in [1.29, 1.82) is 0 Å². The van der Waals surface area contributed by atoms with E-state index >= 15 is 0 Å². The van der Waals surface area contributed by atoms with Crippen LogP contribution in [0.5, 0.6) is 0 Å². The Hall–Kier alpha value is -1.67. The van der Waals surface area contributed by atoms with Gasteiger partial charge in [0.25, 0.3) is 0 Å². The summed E-state index contributed by atoms with van der Waals surface area (Å²) in [6, 6.07) is 8.47. The summed E-state index contributed by atoms with van der Waals surface area (Å²) in [6.07, 6.45) is -7.87. The van der Waals surface area contributed by atoms with Crippen LogP contribution in [0.2, 0.25) is 0 Å². The Morgan fingerprint density at radius 3 is 2.56 bits per heavy atom. The van der Waals surface area contributed by atoms with Gasteiger partial charge in [-0.1, -0.05) is 18.2 Å². The normalized spacial score (nSPS) is 52.5. The molecule has 7 aliphatic rings. The Morgan fingerprint density at radius 2 is 1.85 bits per heavy atom. The third-order valence-corrected chi connectivity index (χ3v) is 8.57. The van der Waals surface area contributed by atoms with Crippen molar-refractivity contribution < 1.29 is 54.0 Å². The third kappa shape index (κ3) is 2.59. The van der Waals surface area contributed by atoms with Gasteiger partial charge in [-0.25, -0.2) is 4.79 Å². The maximum Gasteiger partial charge on any atom is 0.338 e. The summed E-state index contributed by atoms with van der Waals surface area (Å²) in [5.74, 6) is -2.49. The molecule has 11 nitrogen and oxygen atoms in total. The van der Waals surface area contributed by atoms with Gasteiger partial charge >= 0.3 is 5.97 Å². The number of esters is 1. The second-order valence-electron chi connectivity index (χ2n) is 10.2. The molecule has 3 aliphatic carbocycles. The van der Waals surface area contributed by atoms with Crippen LogP contribution in [-0.4, -0.2) is 98.7 Å². The number of hydrogen-bond donors (Lipinski definition) is 5. The van der Waals surface area contributed by atoms with Crippen molar-refractivity contribution in [3.8, 4) is 0 Å². The second-order valence-corrected chi connectivity index (χ2v) is 10.2. The molecular formula is C23H28O11. The molecule has 0 unspecified atom stereocenters. The van der Waals surface area contributed by atoms with E-state index in [2.05, 4.69) is 0 Å². The Labute approximate surface area is 194 Å². The van der Waals surface area contributed by atoms with Gasteiger partial charge in [0.2, 0.25) is 0 Å². The fourth-order valence-corrected chi connectivity index (χ4v) is 6.87. The SMILES string of the molecule is C[C@]12C[C@]3(O)O[C@@H](O1)[C@]1(COC(=O)c4ccccc4)[C@@H]3C[C@]12O[C@H]1O[C@@H](CO)[C@H](O)[C@@H](O)[C@@H]1O. The van der Waals surface area contributed by atoms with Crippen LogP contribution in [0.1, 0.15) is 30.1 Å². The van der Waals surface area contributed by atoms with Gasteiger partial charge in [0.15, 0.2) is 18.4 Å². The molecule has 0 radical (unpaired) electrons. The summed E-state index contributed by atoms with van der Waals surface area (Å²) >= 11 is 0. The van der Waals surface area contributed by atoms with Crippen molar-refractivity contribution in [2.24, 2.45) is 11.3 Å². The van der Waals surface area contributed by atoms with Gasteiger partial charge in [-0.15, -0.1) is 0 Å². The van der Waals surface area contributed by atoms with E-state index in [1.165, 1.54) is 0 Å². The number of carbonyl (C=O) groups excluding carboxylic acids is 1. The Kier molecular flexibility index (Phi) is 4.81. The molecule has 7 fully saturated rings. The van der Waals surface area contributed by atoms with E-state index in [0.717, 1.165) is 0 Å². The van der Waals surface area contributed by atoms with Crippen LogP contribution in [-0.2, 0) is 23.7 Å². The molecule has 11 heteroatoms. The van der Waals surface area contributed by atoms with Crippen LogP contribution >= 0.6 is 0 Å². The van der Waals surface area contributed by atoms with E-state index in [1.54, 1.807) is 37.3 Å². The zero-order chi connectivity index (χ0) is 24.1. The predicted octanol–water partition coefficient (Wildman–Crippen LogP) is -1.36. The number of carbonyl (C=O) groups is 1. The first-order valence-corrected chi connectivity index (χ1v) is 11.4. The van der Waals surface area contributed by atoms with E-state index in [-0.39, 0.29) is 19.4 Å². The second kappa shape index (κ2) is 7.19. The van der Waals surface area contributed by atoms with Gasteiger partial charge in [-0.05, 0) is 25.5 Å². The summed E-state index contributed by atoms with van der Waals surface area (Å²) in [4.78, 5) is 12.7. The summed E-state index contributed by atoms with van der Waals surface area (Å²) in [6.45, 7) is 0.985. The molecule has 5 N–H and O–H groups in total. The molecule has 11 atom stereocenters. The average Bonchev–Trinajstić information content (AvgIpc) is 3.00. The van der Waals surface area contributed by atoms with Gasteiger partial charge in [0.1, 0.15) is 42.2 Å². The van der Waals surface area contributed by atoms with Crippen molar-refractivity contribution >= 4 is 5.97 Å². The van der Waals surface area contributed by atoms with Crippen LogP contribution in [0.3, 0.4) is 0 Å². The maximum absolute atomic E-state index is 12.7. The lowest BCUT2D eigenvalue weighted by Gasteiger charge is -2.67. The fourth-order valence-electron chi connectivity index (χ4n) is 6.87. The first-order valence-electron chi connectivity index (χ1n) is 11.4. The molecule has 4 saturated heterocycles. The smallest absolute Gasteiger partial charge is 0.338 e. The van der Waals surface area contributed by atoms with Crippen molar-refractivity contribution in [3.63, 3.8) is 0 Å². The lowest BCUT2D eigenvalue weighted by atomic mass is 9.41. The van der Waals surface area contributed by atoms with Gasteiger partial charge in [-0.3, -0.25) is 0 Å². The van der Waals surface area contributed by atoms with E-state index in [9.17, 15) is 30.3 Å². The summed E-state index contributed by atoms with van der Waals surface area (Å²) in [5.41, 5.74) is -2.99. The fraction of sp³-hybridized carbons (Fsp3) is 0.696. The number of hydrogen-bond acceptors (Lipinski definition) is 11. The van der Waals surface area contributed by atoms with E-state index < -0.39 is 77.9 Å². The predicted molar refractivity (Wildman–Crippen MR) is 109 cm³/mol. The topological polar surface area (TPSA) is 164 Å². The Morgan fingerprint density at radius 1 is 1.12 bits per heavy atom. The van der Waals surface area contributed by atoms with Gasteiger partial charge in [0, 0.05) is 12.3 Å². The zero-order valence-corrected chi connectivity index (χ0v) is 18.4. The highest BCUT2D eigenvalue weighted by atomic mass is 16.8. The number of benzene rings is 1. The van der Waals surface area contributed by atoms with Crippen LogP contribution in [0.15, 0.2) is 30.3 Å². The van der Waals surface area contributed by atoms with Crippen molar-refractivity contribution in [2.75, 3.05) is 13.2 Å². The van der Waals surface area contributed by atoms with E-state index in [0.29, 0.717) is 5.56 Å². The molecule has 4 heterocycles. The van der Waals surface area contributed by atoms with Gasteiger partial charge in [0.05, 0.1) is 17.6 Å². The summed E-state index contributed by atoms with van der Waals surface area (Å²) < 4.78 is 29.7. The molecule has 0 aromatic heterocycles. The van der Waals surface area contributed by atoms with Crippen LogP contribution in [0, 0.1) is 11.3 Å². The molecular weight excluding hydrogens is 452 g/mol. The molecule has 0 amide bonds.